The lowest BCUT2D eigenvalue weighted by molar-refractivity contribution is 0.111. The van der Waals surface area contributed by atoms with E-state index < -0.39 is 6.86 Å². The molecule has 0 aliphatic heterocycles. The maximum Gasteiger partial charge on any atom is 0.234 e. The molecule has 0 spiro atoms. The number of ether oxygens (including phenoxy) is 2. The lowest BCUT2D eigenvalue weighted by atomic mass is 10.5. The number of carbonyl (C=O) groups excluding carboxylic acids is 1. The van der Waals surface area contributed by atoms with Crippen molar-refractivity contribution in [3.63, 3.8) is 0 Å². The van der Waals surface area contributed by atoms with Gasteiger partial charge in [0.1, 0.15) is 5.69 Å². The summed E-state index contributed by atoms with van der Waals surface area (Å²) in [5.74, 6) is 0.0677. The first-order valence-electron chi connectivity index (χ1n) is 3.64. The molecule has 0 radical (unpaired) electrons. The maximum absolute atomic E-state index is 11.5. The predicted molar refractivity (Wildman–Crippen MR) is 47.0 cm³/mol. The average molecular weight is 202 g/mol. The molecule has 1 rings (SSSR count). The fourth-order valence-electron chi connectivity index (χ4n) is 0.517. The van der Waals surface area contributed by atoms with Gasteiger partial charge in [0.05, 0.1) is 12.4 Å². The van der Waals surface area contributed by atoms with Crippen molar-refractivity contribution in [3.8, 4) is 5.88 Å². The van der Waals surface area contributed by atoms with Gasteiger partial charge < -0.3 is 9.47 Å². The van der Waals surface area contributed by atoms with Crippen molar-refractivity contribution in [2.45, 2.75) is 0 Å². The molecule has 0 N–H and O–H groups in total. The largest absolute Gasteiger partial charge is 0.445 e. The predicted octanol–water partition coefficient (Wildman–Crippen LogP) is 0.858. The van der Waals surface area contributed by atoms with E-state index in [2.05, 4.69) is 19.4 Å². The molecule has 0 amide bonds. The van der Waals surface area contributed by atoms with Crippen LogP contribution in [-0.4, -0.2) is 37.3 Å². The van der Waals surface area contributed by atoms with Crippen LogP contribution in [0.25, 0.3) is 0 Å². The second-order valence-corrected chi connectivity index (χ2v) is 2.06. The lowest BCUT2D eigenvalue weighted by Crippen LogP contribution is -1.95. The standard InChI is InChI=1S/C6H5FN2O2.C2H6O/c7-4-11-6-2-8-5(3-10)1-9-6;1-3-2/h1-3H,4H2;1-2H3. The maximum atomic E-state index is 11.5. The minimum atomic E-state index is -0.949. The molecule has 0 unspecified atom stereocenters. The highest BCUT2D eigenvalue weighted by atomic mass is 19.1. The lowest BCUT2D eigenvalue weighted by Gasteiger charge is -1.96. The van der Waals surface area contributed by atoms with Gasteiger partial charge in [0.25, 0.3) is 0 Å². The Morgan fingerprint density at radius 2 is 2.07 bits per heavy atom. The van der Waals surface area contributed by atoms with E-state index in [0.29, 0.717) is 6.29 Å². The van der Waals surface area contributed by atoms with E-state index in [1.165, 1.54) is 12.4 Å². The van der Waals surface area contributed by atoms with Crippen molar-refractivity contribution < 1.29 is 18.7 Å². The molecule has 1 heterocycles. The number of methoxy groups -OCH3 is 1. The summed E-state index contributed by atoms with van der Waals surface area (Å²) in [6.45, 7) is -0.949. The highest BCUT2D eigenvalue weighted by Gasteiger charge is 1.95. The zero-order valence-electron chi connectivity index (χ0n) is 7.94. The van der Waals surface area contributed by atoms with Crippen LogP contribution in [0.15, 0.2) is 12.4 Å². The van der Waals surface area contributed by atoms with Crippen molar-refractivity contribution in [2.24, 2.45) is 0 Å². The molecule has 5 nitrogen and oxygen atoms in total. The third-order valence-electron chi connectivity index (χ3n) is 0.971. The molecular weight excluding hydrogens is 191 g/mol. The summed E-state index contributed by atoms with van der Waals surface area (Å²) >= 11 is 0. The van der Waals surface area contributed by atoms with Gasteiger partial charge in [-0.2, -0.15) is 0 Å². The van der Waals surface area contributed by atoms with Crippen LogP contribution in [0.1, 0.15) is 10.5 Å². The topological polar surface area (TPSA) is 61.3 Å². The van der Waals surface area contributed by atoms with Crippen molar-refractivity contribution in [2.75, 3.05) is 21.1 Å². The third-order valence-corrected chi connectivity index (χ3v) is 0.971. The molecule has 1 aromatic heterocycles. The summed E-state index contributed by atoms with van der Waals surface area (Å²) in [5.41, 5.74) is 0.191. The SMILES string of the molecule is COC.O=Cc1cnc(OCF)cn1. The fourth-order valence-corrected chi connectivity index (χ4v) is 0.517. The number of alkyl halides is 1. The fraction of sp³-hybridized carbons (Fsp3) is 0.375. The molecule has 0 fully saturated rings. The number of nitrogens with zero attached hydrogens (tertiary/aromatic N) is 2. The second-order valence-electron chi connectivity index (χ2n) is 2.06. The van der Waals surface area contributed by atoms with E-state index in [-0.39, 0.29) is 11.6 Å². The Labute approximate surface area is 80.9 Å². The Morgan fingerprint density at radius 3 is 2.43 bits per heavy atom. The molecular formula is C8H11FN2O3. The summed E-state index contributed by atoms with van der Waals surface area (Å²) in [6.07, 6.45) is 2.94. The molecule has 1 aromatic rings. The van der Waals surface area contributed by atoms with Crippen LogP contribution >= 0.6 is 0 Å². The van der Waals surface area contributed by atoms with Crippen LogP contribution in [0, 0.1) is 0 Å². The minimum absolute atomic E-state index is 0.0677. The number of hydrogen-bond donors (Lipinski definition) is 0. The van der Waals surface area contributed by atoms with Crippen LogP contribution in [0.5, 0.6) is 5.88 Å². The van der Waals surface area contributed by atoms with Gasteiger partial charge in [-0.1, -0.05) is 0 Å². The van der Waals surface area contributed by atoms with Gasteiger partial charge in [0.15, 0.2) is 6.29 Å². The molecule has 0 bridgehead atoms. The Kier molecular flexibility index (Phi) is 7.16. The van der Waals surface area contributed by atoms with E-state index in [0.717, 1.165) is 0 Å². The molecule has 0 atom stereocenters. The van der Waals surface area contributed by atoms with Gasteiger partial charge in [0, 0.05) is 14.2 Å². The highest BCUT2D eigenvalue weighted by Crippen LogP contribution is 2.01. The van der Waals surface area contributed by atoms with Crippen molar-refractivity contribution in [1.29, 1.82) is 0 Å². The van der Waals surface area contributed by atoms with Gasteiger partial charge in [0.2, 0.25) is 12.7 Å². The third kappa shape index (κ3) is 5.15. The van der Waals surface area contributed by atoms with Crippen molar-refractivity contribution in [3.05, 3.63) is 18.1 Å². The number of carbonyl (C=O) groups is 1. The Balaban J connectivity index is 0.000000500. The number of aldehydes is 1. The molecule has 6 heteroatoms. The van der Waals surface area contributed by atoms with Crippen molar-refractivity contribution >= 4 is 6.29 Å². The average Bonchev–Trinajstić information content (AvgIpc) is 2.21. The Morgan fingerprint density at radius 1 is 1.43 bits per heavy atom. The van der Waals surface area contributed by atoms with Crippen molar-refractivity contribution in [1.82, 2.24) is 9.97 Å². The van der Waals surface area contributed by atoms with E-state index in [1.54, 1.807) is 14.2 Å². The summed E-state index contributed by atoms with van der Waals surface area (Å²) in [5, 5.41) is 0. The van der Waals surface area contributed by atoms with E-state index in [9.17, 15) is 9.18 Å². The molecule has 78 valence electrons. The Bertz CT molecular complexity index is 253. The zero-order valence-corrected chi connectivity index (χ0v) is 7.94. The van der Waals surface area contributed by atoms with Gasteiger partial charge >= 0.3 is 0 Å². The van der Waals surface area contributed by atoms with E-state index in [1.807, 2.05) is 0 Å². The van der Waals surface area contributed by atoms with Crippen LogP contribution in [0.2, 0.25) is 0 Å². The molecule has 0 aliphatic carbocycles. The second kappa shape index (κ2) is 8.06. The first-order valence-corrected chi connectivity index (χ1v) is 3.64. The number of rotatable bonds is 3. The minimum Gasteiger partial charge on any atom is -0.445 e. The van der Waals surface area contributed by atoms with Crippen LogP contribution in [0.3, 0.4) is 0 Å². The summed E-state index contributed by atoms with van der Waals surface area (Å²) in [7, 11) is 3.25. The molecule has 0 saturated heterocycles. The summed E-state index contributed by atoms with van der Waals surface area (Å²) in [4.78, 5) is 17.2. The number of halogens is 1. The summed E-state index contributed by atoms with van der Waals surface area (Å²) in [6, 6.07) is 0. The van der Waals surface area contributed by atoms with Gasteiger partial charge in [-0.25, -0.2) is 14.4 Å². The van der Waals surface area contributed by atoms with E-state index >= 15 is 0 Å². The Hall–Kier alpha value is -1.56. The highest BCUT2D eigenvalue weighted by molar-refractivity contribution is 5.70. The molecule has 0 saturated carbocycles. The number of aromatic nitrogens is 2. The summed E-state index contributed by atoms with van der Waals surface area (Å²) < 4.78 is 20.1. The zero-order chi connectivity index (χ0) is 10.8. The van der Waals surface area contributed by atoms with Gasteiger partial charge in [-0.15, -0.1) is 0 Å². The first kappa shape index (κ1) is 12.4. The molecule has 0 aromatic carbocycles. The smallest absolute Gasteiger partial charge is 0.234 e. The monoisotopic (exact) mass is 202 g/mol. The molecule has 0 aliphatic rings. The van der Waals surface area contributed by atoms with E-state index in [4.69, 9.17) is 0 Å². The van der Waals surface area contributed by atoms with Gasteiger partial charge in [-0.3, -0.25) is 4.79 Å². The van der Waals surface area contributed by atoms with Crippen LogP contribution < -0.4 is 4.74 Å². The van der Waals surface area contributed by atoms with Gasteiger partial charge in [-0.05, 0) is 0 Å². The van der Waals surface area contributed by atoms with Crippen LogP contribution in [-0.2, 0) is 4.74 Å². The van der Waals surface area contributed by atoms with Crippen LogP contribution in [0.4, 0.5) is 4.39 Å². The molecule has 14 heavy (non-hydrogen) atoms. The number of hydrogen-bond acceptors (Lipinski definition) is 5. The first-order chi connectivity index (χ1) is 6.78. The quantitative estimate of drug-likeness (QED) is 0.680. The normalized spacial score (nSPS) is 8.50.